The smallest absolute Gasteiger partial charge is 0.230 e. The fourth-order valence-corrected chi connectivity index (χ4v) is 2.55. The number of hydrogen-bond donors (Lipinski definition) is 1. The number of benzene rings is 1. The molecule has 1 aromatic rings. The highest BCUT2D eigenvalue weighted by Crippen LogP contribution is 2.32. The third-order valence-electron chi connectivity index (χ3n) is 3.03. The zero-order valence-corrected chi connectivity index (χ0v) is 12.0. The lowest BCUT2D eigenvalue weighted by Gasteiger charge is -2.15. The second kappa shape index (κ2) is 5.71. The van der Waals surface area contributed by atoms with E-state index < -0.39 is 0 Å². The van der Waals surface area contributed by atoms with E-state index in [1.807, 2.05) is 19.1 Å². The van der Waals surface area contributed by atoms with Crippen molar-refractivity contribution in [3.63, 3.8) is 0 Å². The van der Waals surface area contributed by atoms with Gasteiger partial charge in [0.05, 0.1) is 25.3 Å². The fourth-order valence-electron chi connectivity index (χ4n) is 2.00. The Bertz CT molecular complexity index is 456. The van der Waals surface area contributed by atoms with Crippen molar-refractivity contribution in [2.75, 3.05) is 25.6 Å². The van der Waals surface area contributed by atoms with Crippen LogP contribution in [-0.2, 0) is 9.53 Å². The molecule has 0 aromatic heterocycles. The first kappa shape index (κ1) is 13.4. The molecule has 1 amide bonds. The average molecular weight is 314 g/mol. The van der Waals surface area contributed by atoms with E-state index in [1.165, 1.54) is 0 Å². The first-order valence-electron chi connectivity index (χ1n) is 5.84. The predicted octanol–water partition coefficient (Wildman–Crippen LogP) is 2.74. The van der Waals surface area contributed by atoms with Crippen molar-refractivity contribution in [1.29, 1.82) is 0 Å². The molecule has 1 fully saturated rings. The van der Waals surface area contributed by atoms with Gasteiger partial charge in [-0.15, -0.1) is 0 Å². The molecule has 1 heterocycles. The lowest BCUT2D eigenvalue weighted by molar-refractivity contribution is -0.119. The van der Waals surface area contributed by atoms with Crippen LogP contribution in [0.25, 0.3) is 0 Å². The van der Waals surface area contributed by atoms with Crippen LogP contribution in [0.5, 0.6) is 5.75 Å². The first-order valence-corrected chi connectivity index (χ1v) is 6.64. The number of amides is 1. The first-order chi connectivity index (χ1) is 8.61. The molecule has 0 radical (unpaired) electrons. The molecule has 1 aliphatic heterocycles. The summed E-state index contributed by atoms with van der Waals surface area (Å²) >= 11 is 3.41. The zero-order chi connectivity index (χ0) is 13.1. The highest BCUT2D eigenvalue weighted by molar-refractivity contribution is 9.10. The van der Waals surface area contributed by atoms with Crippen molar-refractivity contribution in [3.05, 3.63) is 22.2 Å². The third-order valence-corrected chi connectivity index (χ3v) is 3.49. The lowest BCUT2D eigenvalue weighted by atomic mass is 10.1. The van der Waals surface area contributed by atoms with Crippen LogP contribution in [0.3, 0.4) is 0 Å². The van der Waals surface area contributed by atoms with E-state index in [9.17, 15) is 4.79 Å². The van der Waals surface area contributed by atoms with Crippen molar-refractivity contribution in [2.45, 2.75) is 13.3 Å². The summed E-state index contributed by atoms with van der Waals surface area (Å²) < 4.78 is 11.4. The lowest BCUT2D eigenvalue weighted by Crippen LogP contribution is -2.23. The molecular formula is C13H16BrNO3. The van der Waals surface area contributed by atoms with E-state index >= 15 is 0 Å². The van der Waals surface area contributed by atoms with Gasteiger partial charge in [0, 0.05) is 11.1 Å². The van der Waals surface area contributed by atoms with Gasteiger partial charge in [0.1, 0.15) is 5.75 Å². The van der Waals surface area contributed by atoms with Gasteiger partial charge in [-0.1, -0.05) is 15.9 Å². The summed E-state index contributed by atoms with van der Waals surface area (Å²) in [5.74, 6) is 0.600. The Kier molecular flexibility index (Phi) is 4.24. The van der Waals surface area contributed by atoms with Crippen LogP contribution in [-0.4, -0.2) is 26.2 Å². The summed E-state index contributed by atoms with van der Waals surface area (Å²) in [4.78, 5) is 12.1. The molecule has 2 rings (SSSR count). The summed E-state index contributed by atoms with van der Waals surface area (Å²) in [7, 11) is 1.59. The minimum absolute atomic E-state index is 0.00350. The molecule has 5 heteroatoms. The maximum absolute atomic E-state index is 12.1. The zero-order valence-electron chi connectivity index (χ0n) is 10.5. The number of aryl methyl sites for hydroxylation is 1. The van der Waals surface area contributed by atoms with Crippen LogP contribution < -0.4 is 10.1 Å². The number of hydrogen-bond acceptors (Lipinski definition) is 3. The maximum Gasteiger partial charge on any atom is 0.230 e. The minimum atomic E-state index is -0.0576. The Morgan fingerprint density at radius 1 is 1.56 bits per heavy atom. The average Bonchev–Trinajstić information content (AvgIpc) is 2.85. The quantitative estimate of drug-likeness (QED) is 0.933. The molecular weight excluding hydrogens is 298 g/mol. The van der Waals surface area contributed by atoms with Gasteiger partial charge in [-0.2, -0.15) is 0 Å². The molecule has 1 atom stereocenters. The topological polar surface area (TPSA) is 47.6 Å². The number of carbonyl (C=O) groups excluding carboxylic acids is 1. The SMILES string of the molecule is COc1cc(Br)cc(C)c1NC(=O)C1CCOC1. The number of anilines is 1. The highest BCUT2D eigenvalue weighted by Gasteiger charge is 2.24. The predicted molar refractivity (Wildman–Crippen MR) is 73.0 cm³/mol. The van der Waals surface area contributed by atoms with E-state index in [-0.39, 0.29) is 11.8 Å². The van der Waals surface area contributed by atoms with Crippen molar-refractivity contribution in [2.24, 2.45) is 5.92 Å². The molecule has 0 aliphatic carbocycles. The molecule has 1 aromatic carbocycles. The normalized spacial score (nSPS) is 18.7. The van der Waals surface area contributed by atoms with Crippen molar-refractivity contribution in [1.82, 2.24) is 0 Å². The van der Waals surface area contributed by atoms with Crippen LogP contribution in [0.1, 0.15) is 12.0 Å². The number of halogens is 1. The summed E-state index contributed by atoms with van der Waals surface area (Å²) in [6.45, 7) is 3.10. The van der Waals surface area contributed by atoms with Gasteiger partial charge in [-0.05, 0) is 31.0 Å². The Balaban J connectivity index is 2.19. The van der Waals surface area contributed by atoms with Crippen LogP contribution in [0, 0.1) is 12.8 Å². The monoisotopic (exact) mass is 313 g/mol. The second-order valence-corrected chi connectivity index (χ2v) is 5.27. The standard InChI is InChI=1S/C13H16BrNO3/c1-8-5-10(14)6-11(17-2)12(8)15-13(16)9-3-4-18-7-9/h5-6,9H,3-4,7H2,1-2H3,(H,15,16). The van der Waals surface area contributed by atoms with Crippen LogP contribution in [0.4, 0.5) is 5.69 Å². The van der Waals surface area contributed by atoms with Gasteiger partial charge >= 0.3 is 0 Å². The molecule has 4 nitrogen and oxygen atoms in total. The van der Waals surface area contributed by atoms with E-state index in [4.69, 9.17) is 9.47 Å². The molecule has 0 spiro atoms. The fraction of sp³-hybridized carbons (Fsp3) is 0.462. The molecule has 1 N–H and O–H groups in total. The van der Waals surface area contributed by atoms with Gasteiger partial charge in [-0.25, -0.2) is 0 Å². The number of ether oxygens (including phenoxy) is 2. The van der Waals surface area contributed by atoms with Gasteiger partial charge in [0.25, 0.3) is 0 Å². The summed E-state index contributed by atoms with van der Waals surface area (Å²) in [6.07, 6.45) is 0.781. The largest absolute Gasteiger partial charge is 0.495 e. The Morgan fingerprint density at radius 3 is 2.94 bits per heavy atom. The molecule has 1 unspecified atom stereocenters. The number of carbonyl (C=O) groups is 1. The third kappa shape index (κ3) is 2.84. The Morgan fingerprint density at radius 2 is 2.33 bits per heavy atom. The molecule has 18 heavy (non-hydrogen) atoms. The van der Waals surface area contributed by atoms with Gasteiger partial charge < -0.3 is 14.8 Å². The number of nitrogens with one attached hydrogen (secondary N) is 1. The Labute approximate surface area is 115 Å². The molecule has 0 saturated carbocycles. The molecule has 0 bridgehead atoms. The summed E-state index contributed by atoms with van der Waals surface area (Å²) in [5, 5.41) is 2.93. The van der Waals surface area contributed by atoms with E-state index in [1.54, 1.807) is 7.11 Å². The summed E-state index contributed by atoms with van der Waals surface area (Å²) in [5.41, 5.74) is 1.70. The van der Waals surface area contributed by atoms with Crippen LogP contribution in [0.2, 0.25) is 0 Å². The van der Waals surface area contributed by atoms with Gasteiger partial charge in [0.2, 0.25) is 5.91 Å². The maximum atomic E-state index is 12.1. The number of rotatable bonds is 3. The summed E-state index contributed by atoms with van der Waals surface area (Å²) in [6, 6.07) is 3.79. The molecule has 98 valence electrons. The van der Waals surface area contributed by atoms with Crippen molar-refractivity contribution >= 4 is 27.5 Å². The molecule has 1 aliphatic rings. The van der Waals surface area contributed by atoms with E-state index in [0.717, 1.165) is 22.1 Å². The minimum Gasteiger partial charge on any atom is -0.495 e. The van der Waals surface area contributed by atoms with Crippen LogP contribution >= 0.6 is 15.9 Å². The van der Waals surface area contributed by atoms with Crippen molar-refractivity contribution < 1.29 is 14.3 Å². The van der Waals surface area contributed by atoms with Gasteiger partial charge in [0.15, 0.2) is 0 Å². The highest BCUT2D eigenvalue weighted by atomic mass is 79.9. The number of methoxy groups -OCH3 is 1. The van der Waals surface area contributed by atoms with E-state index in [0.29, 0.717) is 19.0 Å². The molecule has 1 saturated heterocycles. The second-order valence-electron chi connectivity index (χ2n) is 4.35. The van der Waals surface area contributed by atoms with Crippen LogP contribution in [0.15, 0.2) is 16.6 Å². The van der Waals surface area contributed by atoms with E-state index in [2.05, 4.69) is 21.2 Å². The Hall–Kier alpha value is -1.07. The van der Waals surface area contributed by atoms with Gasteiger partial charge in [-0.3, -0.25) is 4.79 Å². The van der Waals surface area contributed by atoms with Crippen molar-refractivity contribution in [3.8, 4) is 5.75 Å².